The van der Waals surface area contributed by atoms with E-state index in [-0.39, 0.29) is 0 Å². The Morgan fingerprint density at radius 1 is 1.06 bits per heavy atom. The zero-order valence-electron chi connectivity index (χ0n) is 8.40. The SMILES string of the molecule is c1cc2c(cn1)[nH]c1cc3occc3cc12. The monoisotopic (exact) mass is 208 g/mol. The zero-order chi connectivity index (χ0) is 10.5. The molecule has 1 N–H and O–H groups in total. The summed E-state index contributed by atoms with van der Waals surface area (Å²) >= 11 is 0. The first kappa shape index (κ1) is 7.93. The molecule has 0 aliphatic heterocycles. The fourth-order valence-electron chi connectivity index (χ4n) is 2.21. The van der Waals surface area contributed by atoms with Crippen LogP contribution in [-0.2, 0) is 0 Å². The molecular weight excluding hydrogens is 200 g/mol. The van der Waals surface area contributed by atoms with Crippen molar-refractivity contribution in [2.24, 2.45) is 0 Å². The number of nitrogens with zero attached hydrogens (tertiary/aromatic N) is 1. The standard InChI is InChI=1S/C13H8N2O/c1-3-14-7-12-9(1)10-5-8-2-4-16-13(8)6-11(10)15-12/h1-7,15H. The van der Waals surface area contributed by atoms with Gasteiger partial charge < -0.3 is 9.40 Å². The van der Waals surface area contributed by atoms with E-state index >= 15 is 0 Å². The van der Waals surface area contributed by atoms with Gasteiger partial charge in [0, 0.05) is 28.4 Å². The van der Waals surface area contributed by atoms with Crippen LogP contribution in [0.5, 0.6) is 0 Å². The first-order chi connectivity index (χ1) is 7.92. The normalized spacial score (nSPS) is 11.8. The summed E-state index contributed by atoms with van der Waals surface area (Å²) in [5.74, 6) is 0. The number of fused-ring (bicyclic) bond motifs is 4. The molecule has 0 radical (unpaired) electrons. The van der Waals surface area contributed by atoms with Gasteiger partial charge in [-0.3, -0.25) is 4.98 Å². The molecule has 76 valence electrons. The van der Waals surface area contributed by atoms with Crippen molar-refractivity contribution in [2.45, 2.75) is 0 Å². The summed E-state index contributed by atoms with van der Waals surface area (Å²) < 4.78 is 5.39. The van der Waals surface area contributed by atoms with E-state index in [0.29, 0.717) is 0 Å². The van der Waals surface area contributed by atoms with Crippen LogP contribution in [0.25, 0.3) is 32.8 Å². The average molecular weight is 208 g/mol. The predicted molar refractivity (Wildman–Crippen MR) is 63.4 cm³/mol. The molecule has 0 fully saturated rings. The summed E-state index contributed by atoms with van der Waals surface area (Å²) in [7, 11) is 0. The summed E-state index contributed by atoms with van der Waals surface area (Å²) in [5, 5.41) is 3.55. The molecule has 0 atom stereocenters. The molecule has 0 spiro atoms. The number of rotatable bonds is 0. The molecule has 0 aliphatic carbocycles. The van der Waals surface area contributed by atoms with Gasteiger partial charge in [-0.1, -0.05) is 0 Å². The van der Waals surface area contributed by atoms with Crippen LogP contribution < -0.4 is 0 Å². The lowest BCUT2D eigenvalue weighted by Crippen LogP contribution is -1.69. The molecular formula is C13H8N2O. The Labute approximate surface area is 90.7 Å². The van der Waals surface area contributed by atoms with Gasteiger partial charge in [-0.15, -0.1) is 0 Å². The van der Waals surface area contributed by atoms with Crippen LogP contribution in [0.2, 0.25) is 0 Å². The highest BCUT2D eigenvalue weighted by molar-refractivity contribution is 6.10. The van der Waals surface area contributed by atoms with E-state index in [1.165, 1.54) is 10.8 Å². The summed E-state index contributed by atoms with van der Waals surface area (Å²) in [6.07, 6.45) is 5.37. The molecule has 3 heteroatoms. The van der Waals surface area contributed by atoms with Gasteiger partial charge in [0.1, 0.15) is 5.58 Å². The Bertz CT molecular complexity index is 810. The summed E-state index contributed by atoms with van der Waals surface area (Å²) in [6, 6.07) is 8.19. The van der Waals surface area contributed by atoms with E-state index in [1.807, 2.05) is 30.6 Å². The largest absolute Gasteiger partial charge is 0.464 e. The van der Waals surface area contributed by atoms with Crippen molar-refractivity contribution in [1.29, 1.82) is 0 Å². The maximum atomic E-state index is 5.39. The lowest BCUT2D eigenvalue weighted by Gasteiger charge is -1.91. The molecule has 0 saturated carbocycles. The molecule has 4 rings (SSSR count). The van der Waals surface area contributed by atoms with E-state index in [2.05, 4.69) is 16.0 Å². The topological polar surface area (TPSA) is 41.8 Å². The Balaban J connectivity index is 2.32. The molecule has 0 bridgehead atoms. The molecule has 0 aliphatic rings. The molecule has 0 saturated heterocycles. The van der Waals surface area contributed by atoms with Gasteiger partial charge in [0.2, 0.25) is 0 Å². The molecule has 0 unspecified atom stereocenters. The number of aromatic amines is 1. The lowest BCUT2D eigenvalue weighted by molar-refractivity contribution is 0.616. The molecule has 0 amide bonds. The van der Waals surface area contributed by atoms with E-state index in [9.17, 15) is 0 Å². The van der Waals surface area contributed by atoms with Crippen molar-refractivity contribution in [1.82, 2.24) is 9.97 Å². The van der Waals surface area contributed by atoms with Crippen molar-refractivity contribution in [3.8, 4) is 0 Å². The average Bonchev–Trinajstić information content (AvgIpc) is 2.88. The molecule has 3 aromatic heterocycles. The third-order valence-corrected chi connectivity index (χ3v) is 2.97. The van der Waals surface area contributed by atoms with Gasteiger partial charge in [0.15, 0.2) is 0 Å². The number of nitrogens with one attached hydrogen (secondary N) is 1. The number of hydrogen-bond donors (Lipinski definition) is 1. The highest BCUT2D eigenvalue weighted by Crippen LogP contribution is 2.29. The summed E-state index contributed by atoms with van der Waals surface area (Å²) in [4.78, 5) is 7.45. The predicted octanol–water partition coefficient (Wildman–Crippen LogP) is 3.46. The van der Waals surface area contributed by atoms with Crippen LogP contribution in [0, 0.1) is 0 Å². The minimum atomic E-state index is 0.909. The van der Waals surface area contributed by atoms with Crippen LogP contribution in [-0.4, -0.2) is 9.97 Å². The van der Waals surface area contributed by atoms with Gasteiger partial charge >= 0.3 is 0 Å². The van der Waals surface area contributed by atoms with Crippen molar-refractivity contribution in [2.75, 3.05) is 0 Å². The second kappa shape index (κ2) is 2.64. The maximum absolute atomic E-state index is 5.39. The Morgan fingerprint density at radius 3 is 3.06 bits per heavy atom. The second-order valence-corrected chi connectivity index (χ2v) is 3.90. The summed E-state index contributed by atoms with van der Waals surface area (Å²) in [6.45, 7) is 0. The fraction of sp³-hybridized carbons (Fsp3) is 0. The highest BCUT2D eigenvalue weighted by atomic mass is 16.3. The number of hydrogen-bond acceptors (Lipinski definition) is 2. The number of pyridine rings is 1. The maximum Gasteiger partial charge on any atom is 0.135 e. The molecule has 4 aromatic rings. The van der Waals surface area contributed by atoms with Crippen molar-refractivity contribution in [3.05, 3.63) is 42.9 Å². The Morgan fingerprint density at radius 2 is 2.06 bits per heavy atom. The first-order valence-electron chi connectivity index (χ1n) is 5.14. The van der Waals surface area contributed by atoms with E-state index < -0.39 is 0 Å². The molecule has 16 heavy (non-hydrogen) atoms. The molecule has 3 nitrogen and oxygen atoms in total. The van der Waals surface area contributed by atoms with Gasteiger partial charge in [-0.05, 0) is 18.2 Å². The van der Waals surface area contributed by atoms with Crippen molar-refractivity contribution in [3.63, 3.8) is 0 Å². The van der Waals surface area contributed by atoms with Crippen LogP contribution >= 0.6 is 0 Å². The minimum absolute atomic E-state index is 0.909. The smallest absolute Gasteiger partial charge is 0.135 e. The van der Waals surface area contributed by atoms with Gasteiger partial charge in [-0.25, -0.2) is 0 Å². The Kier molecular flexibility index (Phi) is 1.31. The van der Waals surface area contributed by atoms with Crippen molar-refractivity contribution >= 4 is 32.8 Å². The second-order valence-electron chi connectivity index (χ2n) is 3.90. The highest BCUT2D eigenvalue weighted by Gasteiger charge is 2.06. The van der Waals surface area contributed by atoms with E-state index in [4.69, 9.17) is 4.42 Å². The van der Waals surface area contributed by atoms with Crippen LogP contribution in [0.15, 0.2) is 47.3 Å². The minimum Gasteiger partial charge on any atom is -0.464 e. The van der Waals surface area contributed by atoms with E-state index in [0.717, 1.165) is 22.0 Å². The Hall–Kier alpha value is -2.29. The zero-order valence-corrected chi connectivity index (χ0v) is 8.40. The van der Waals surface area contributed by atoms with Crippen LogP contribution in [0.1, 0.15) is 0 Å². The van der Waals surface area contributed by atoms with Gasteiger partial charge in [0.05, 0.1) is 23.5 Å². The number of H-pyrrole nitrogens is 1. The van der Waals surface area contributed by atoms with E-state index in [1.54, 1.807) is 6.26 Å². The number of benzene rings is 1. The van der Waals surface area contributed by atoms with Gasteiger partial charge in [-0.2, -0.15) is 0 Å². The summed E-state index contributed by atoms with van der Waals surface area (Å²) in [5.41, 5.74) is 3.06. The van der Waals surface area contributed by atoms with Crippen molar-refractivity contribution < 1.29 is 4.42 Å². The molecule has 3 heterocycles. The lowest BCUT2D eigenvalue weighted by atomic mass is 10.1. The molecule has 1 aromatic carbocycles. The third-order valence-electron chi connectivity index (χ3n) is 2.97. The quantitative estimate of drug-likeness (QED) is 0.480. The third kappa shape index (κ3) is 0.896. The van der Waals surface area contributed by atoms with Crippen LogP contribution in [0.4, 0.5) is 0 Å². The fourth-order valence-corrected chi connectivity index (χ4v) is 2.21. The number of furan rings is 1. The first-order valence-corrected chi connectivity index (χ1v) is 5.14. The van der Waals surface area contributed by atoms with Gasteiger partial charge in [0.25, 0.3) is 0 Å². The number of aromatic nitrogens is 2. The van der Waals surface area contributed by atoms with Crippen LogP contribution in [0.3, 0.4) is 0 Å².